The molecule has 2 rings (SSSR count). The fraction of sp³-hybridized carbons (Fsp3) is 0.636. The van der Waals surface area contributed by atoms with Crippen LogP contribution in [0.25, 0.3) is 0 Å². The second-order valence-electron chi connectivity index (χ2n) is 4.89. The van der Waals surface area contributed by atoms with E-state index in [1.54, 1.807) is 6.20 Å². The molecule has 1 aromatic rings. The topological polar surface area (TPSA) is 128 Å². The molecule has 0 spiro atoms. The molecule has 1 aliphatic rings. The van der Waals surface area contributed by atoms with Crippen molar-refractivity contribution in [1.82, 2.24) is 9.55 Å². The van der Waals surface area contributed by atoms with Gasteiger partial charge in [-0.05, 0) is 18.9 Å². The third-order valence-corrected chi connectivity index (χ3v) is 3.82. The average Bonchev–Trinajstić information content (AvgIpc) is 2.36. The van der Waals surface area contributed by atoms with Gasteiger partial charge in [-0.1, -0.05) is 12.8 Å². The predicted octanol–water partition coefficient (Wildman–Crippen LogP) is 0.461. The van der Waals surface area contributed by atoms with Crippen LogP contribution in [0.3, 0.4) is 0 Å². The Kier molecular flexibility index (Phi) is 4.59. The largest absolute Gasteiger partial charge is 0.383 e. The molecule has 0 amide bonds. The van der Waals surface area contributed by atoms with Gasteiger partial charge in [-0.15, -0.1) is 0 Å². The minimum absolute atomic E-state index is 0.148. The number of hydrogen-bond acceptors (Lipinski definition) is 5. The molecule has 0 bridgehead atoms. The number of ether oxygens (including phenoxy) is 1. The number of aromatic nitrogens is 2. The Hall–Kier alpha value is -1.21. The predicted molar refractivity (Wildman–Crippen MR) is 72.2 cm³/mol. The molecule has 1 saturated carbocycles. The maximum atomic E-state index is 11.8. The Morgan fingerprint density at radius 2 is 2.15 bits per heavy atom. The third-order valence-electron chi connectivity index (χ3n) is 3.33. The van der Waals surface area contributed by atoms with E-state index in [1.807, 2.05) is 0 Å². The molecule has 0 aliphatic heterocycles. The van der Waals surface area contributed by atoms with Crippen molar-refractivity contribution >= 4 is 13.4 Å². The normalized spacial score (nSPS) is 23.7. The average molecular weight is 303 g/mol. The van der Waals surface area contributed by atoms with Crippen LogP contribution in [0.5, 0.6) is 0 Å². The van der Waals surface area contributed by atoms with Gasteiger partial charge < -0.3 is 20.3 Å². The molecule has 0 aromatic carbocycles. The summed E-state index contributed by atoms with van der Waals surface area (Å²) in [4.78, 5) is 33.3. The van der Waals surface area contributed by atoms with Crippen molar-refractivity contribution in [3.63, 3.8) is 0 Å². The summed E-state index contributed by atoms with van der Waals surface area (Å²) in [7, 11) is -4.22. The first-order valence-corrected chi connectivity index (χ1v) is 8.17. The minimum atomic E-state index is -4.22. The minimum Gasteiger partial charge on any atom is -0.383 e. The molecule has 0 saturated heterocycles. The van der Waals surface area contributed by atoms with E-state index in [0.717, 1.165) is 12.8 Å². The lowest BCUT2D eigenvalue weighted by Crippen LogP contribution is -2.37. The van der Waals surface area contributed by atoms with Crippen LogP contribution in [0.1, 0.15) is 31.7 Å². The van der Waals surface area contributed by atoms with Gasteiger partial charge in [-0.2, -0.15) is 4.98 Å². The first-order chi connectivity index (χ1) is 9.37. The maximum absolute atomic E-state index is 11.8. The molecular formula is C11H18N3O5P. The molecule has 20 heavy (non-hydrogen) atoms. The van der Waals surface area contributed by atoms with Gasteiger partial charge in [-0.3, -0.25) is 9.13 Å². The van der Waals surface area contributed by atoms with Gasteiger partial charge in [0.2, 0.25) is 0 Å². The van der Waals surface area contributed by atoms with Crippen LogP contribution in [-0.2, 0) is 9.30 Å². The van der Waals surface area contributed by atoms with Crippen LogP contribution in [-0.4, -0.2) is 31.8 Å². The number of nitrogens with zero attached hydrogens (tertiary/aromatic N) is 2. The summed E-state index contributed by atoms with van der Waals surface area (Å²) in [6.07, 6.45) is 3.70. The van der Waals surface area contributed by atoms with E-state index in [2.05, 4.69) is 4.98 Å². The smallest absolute Gasteiger partial charge is 0.350 e. The maximum Gasteiger partial charge on any atom is 0.350 e. The lowest BCUT2D eigenvalue weighted by atomic mass is 9.92. The third kappa shape index (κ3) is 3.89. The van der Waals surface area contributed by atoms with Crippen LogP contribution < -0.4 is 11.4 Å². The van der Waals surface area contributed by atoms with Crippen molar-refractivity contribution in [1.29, 1.82) is 0 Å². The number of nitrogens with two attached hydrogens (primary N) is 1. The van der Waals surface area contributed by atoms with Crippen molar-refractivity contribution in [2.24, 2.45) is 0 Å². The number of nitrogen functional groups attached to an aromatic ring is 1. The molecule has 4 N–H and O–H groups in total. The Morgan fingerprint density at radius 3 is 2.80 bits per heavy atom. The van der Waals surface area contributed by atoms with E-state index in [9.17, 15) is 9.36 Å². The molecule has 1 fully saturated rings. The summed E-state index contributed by atoms with van der Waals surface area (Å²) in [6, 6.07) is 1.26. The van der Waals surface area contributed by atoms with E-state index in [1.165, 1.54) is 10.6 Å². The van der Waals surface area contributed by atoms with Crippen molar-refractivity contribution in [3.05, 3.63) is 22.7 Å². The fourth-order valence-corrected chi connectivity index (χ4v) is 2.85. The second kappa shape index (κ2) is 6.05. The summed E-state index contributed by atoms with van der Waals surface area (Å²) < 4.78 is 17.6. The van der Waals surface area contributed by atoms with Gasteiger partial charge in [0, 0.05) is 6.20 Å². The van der Waals surface area contributed by atoms with Gasteiger partial charge in [-0.25, -0.2) is 4.79 Å². The molecule has 8 nitrogen and oxygen atoms in total. The summed E-state index contributed by atoms with van der Waals surface area (Å²) in [5.74, 6) is 0.148. The zero-order valence-corrected chi connectivity index (χ0v) is 11.8. The van der Waals surface area contributed by atoms with E-state index in [4.69, 9.17) is 20.3 Å². The fourth-order valence-electron chi connectivity index (χ4n) is 2.46. The summed E-state index contributed by atoms with van der Waals surface area (Å²) >= 11 is 0. The lowest BCUT2D eigenvalue weighted by molar-refractivity contribution is 0.00954. The highest BCUT2D eigenvalue weighted by atomic mass is 31.2. The summed E-state index contributed by atoms with van der Waals surface area (Å²) in [6.45, 7) is 0. The Bertz CT molecular complexity index is 569. The second-order valence-corrected chi connectivity index (χ2v) is 6.48. The van der Waals surface area contributed by atoms with E-state index < -0.39 is 25.7 Å². The van der Waals surface area contributed by atoms with Gasteiger partial charge >= 0.3 is 13.3 Å². The quantitative estimate of drug-likeness (QED) is 0.689. The molecule has 0 unspecified atom stereocenters. The van der Waals surface area contributed by atoms with Crippen LogP contribution >= 0.6 is 7.60 Å². The molecule has 1 aliphatic carbocycles. The molecule has 1 aromatic heterocycles. The zero-order valence-electron chi connectivity index (χ0n) is 10.9. The van der Waals surface area contributed by atoms with Crippen LogP contribution in [0, 0.1) is 0 Å². The lowest BCUT2D eigenvalue weighted by Gasteiger charge is -2.32. The van der Waals surface area contributed by atoms with E-state index >= 15 is 0 Å². The van der Waals surface area contributed by atoms with Crippen LogP contribution in [0.4, 0.5) is 5.82 Å². The number of hydrogen-bond donors (Lipinski definition) is 3. The van der Waals surface area contributed by atoms with Crippen molar-refractivity contribution in [2.45, 2.75) is 37.8 Å². The molecule has 2 atom stereocenters. The molecule has 1 heterocycles. The highest BCUT2D eigenvalue weighted by Gasteiger charge is 2.30. The Labute approximate surface area is 115 Å². The van der Waals surface area contributed by atoms with Crippen molar-refractivity contribution in [3.8, 4) is 0 Å². The van der Waals surface area contributed by atoms with Gasteiger partial charge in [0.1, 0.15) is 12.2 Å². The number of rotatable bonds is 4. The molecule has 0 radical (unpaired) electrons. The van der Waals surface area contributed by atoms with E-state index in [-0.39, 0.29) is 11.9 Å². The number of anilines is 1. The van der Waals surface area contributed by atoms with Crippen molar-refractivity contribution in [2.75, 3.05) is 12.1 Å². The molecular weight excluding hydrogens is 285 g/mol. The molecule has 112 valence electrons. The van der Waals surface area contributed by atoms with Crippen molar-refractivity contribution < 1.29 is 19.1 Å². The first kappa shape index (κ1) is 15.2. The highest BCUT2D eigenvalue weighted by Crippen LogP contribution is 2.38. The Morgan fingerprint density at radius 1 is 1.45 bits per heavy atom. The SMILES string of the molecule is Nc1ccn([C@H]2CCCC[C@H]2OCP(=O)(O)O)c(=O)n1. The first-order valence-electron chi connectivity index (χ1n) is 6.38. The Balaban J connectivity index is 2.18. The van der Waals surface area contributed by atoms with Gasteiger partial charge in [0.05, 0.1) is 12.1 Å². The highest BCUT2D eigenvalue weighted by molar-refractivity contribution is 7.51. The summed E-state index contributed by atoms with van der Waals surface area (Å²) in [5, 5.41) is 0. The van der Waals surface area contributed by atoms with Gasteiger partial charge in [0.25, 0.3) is 0 Å². The standard InChI is InChI=1S/C11H18N3O5P/c12-10-5-6-14(11(15)13-10)8-3-1-2-4-9(8)19-7-20(16,17)18/h5-6,8-9H,1-4,7H2,(H2,12,13,15)(H2,16,17,18)/t8-,9+/m0/s1. The monoisotopic (exact) mass is 303 g/mol. The van der Waals surface area contributed by atoms with Gasteiger partial charge in [0.15, 0.2) is 0 Å². The molecule has 9 heteroatoms. The zero-order chi connectivity index (χ0) is 14.8. The van der Waals surface area contributed by atoms with E-state index in [0.29, 0.717) is 12.8 Å². The van der Waals surface area contributed by atoms with Crippen LogP contribution in [0.2, 0.25) is 0 Å². The van der Waals surface area contributed by atoms with Crippen LogP contribution in [0.15, 0.2) is 17.1 Å². The summed E-state index contributed by atoms with van der Waals surface area (Å²) in [5.41, 5.74) is 4.98.